The summed E-state index contributed by atoms with van der Waals surface area (Å²) in [6.45, 7) is 4.16. The molecule has 3 aromatic carbocycles. The maximum Gasteiger partial charge on any atom is 0.308 e. The van der Waals surface area contributed by atoms with Crippen LogP contribution in [0.15, 0.2) is 76.4 Å². The quantitative estimate of drug-likeness (QED) is 0.439. The van der Waals surface area contributed by atoms with E-state index in [0.29, 0.717) is 23.7 Å². The lowest BCUT2D eigenvalue weighted by Crippen LogP contribution is -2.48. The smallest absolute Gasteiger partial charge is 0.308 e. The molecule has 8 nitrogen and oxygen atoms in total. The lowest BCUT2D eigenvalue weighted by Gasteiger charge is -2.34. The van der Waals surface area contributed by atoms with E-state index in [1.165, 1.54) is 4.31 Å². The molecule has 0 bridgehead atoms. The number of ether oxygens (including phenoxy) is 1. The third kappa shape index (κ3) is 4.19. The Labute approximate surface area is 206 Å². The van der Waals surface area contributed by atoms with E-state index in [1.807, 2.05) is 13.8 Å². The zero-order valence-electron chi connectivity index (χ0n) is 19.1. The van der Waals surface area contributed by atoms with Crippen molar-refractivity contribution in [3.05, 3.63) is 82.0 Å². The van der Waals surface area contributed by atoms with E-state index in [4.69, 9.17) is 4.74 Å². The molecule has 0 saturated heterocycles. The zero-order valence-corrected chi connectivity index (χ0v) is 20.7. The van der Waals surface area contributed by atoms with Crippen molar-refractivity contribution in [2.45, 2.75) is 31.4 Å². The third-order valence-electron chi connectivity index (χ3n) is 5.89. The molecular weight excluding hydrogens is 486 g/mol. The lowest BCUT2D eigenvalue weighted by atomic mass is 10.2. The number of anilines is 2. The first-order valence-electron chi connectivity index (χ1n) is 11.1. The molecule has 2 heterocycles. The molecule has 1 N–H and O–H groups in total. The van der Waals surface area contributed by atoms with Gasteiger partial charge in [0.05, 0.1) is 27.3 Å². The van der Waals surface area contributed by atoms with Gasteiger partial charge in [-0.3, -0.25) is 18.5 Å². The molecule has 0 radical (unpaired) electrons. The molecule has 1 amide bonds. The number of nitrogens with zero attached hydrogens (tertiary/aromatic N) is 2. The zero-order chi connectivity index (χ0) is 24.7. The molecular formula is C25H23N3O5S2. The summed E-state index contributed by atoms with van der Waals surface area (Å²) in [5, 5.41) is 2.81. The predicted octanol–water partition coefficient (Wildman–Crippen LogP) is 3.99. The van der Waals surface area contributed by atoms with Gasteiger partial charge in [-0.2, -0.15) is 0 Å². The Hall–Kier alpha value is -3.63. The summed E-state index contributed by atoms with van der Waals surface area (Å²) >= 11 is 1.11. The van der Waals surface area contributed by atoms with Gasteiger partial charge in [-0.05, 0) is 56.3 Å². The first-order chi connectivity index (χ1) is 16.8. The number of carbonyl (C=O) groups is 1. The third-order valence-corrected chi connectivity index (χ3v) is 8.62. The second-order valence-corrected chi connectivity index (χ2v) is 11.1. The van der Waals surface area contributed by atoms with Crippen molar-refractivity contribution in [3.8, 4) is 5.75 Å². The first kappa shape index (κ1) is 23.1. The highest BCUT2D eigenvalue weighted by Gasteiger charge is 2.37. The Kier molecular flexibility index (Phi) is 5.86. The molecule has 1 aliphatic heterocycles. The number of nitrogens with one attached hydrogen (secondary N) is 1. The average molecular weight is 510 g/mol. The molecule has 4 aromatic rings. The van der Waals surface area contributed by atoms with Gasteiger partial charge in [0, 0.05) is 12.2 Å². The van der Waals surface area contributed by atoms with Crippen LogP contribution in [-0.4, -0.2) is 31.5 Å². The summed E-state index contributed by atoms with van der Waals surface area (Å²) in [5.41, 5.74) is 2.63. The van der Waals surface area contributed by atoms with Gasteiger partial charge in [-0.1, -0.05) is 41.2 Å². The molecule has 10 heteroatoms. The van der Waals surface area contributed by atoms with Crippen LogP contribution in [0.2, 0.25) is 0 Å². The summed E-state index contributed by atoms with van der Waals surface area (Å²) in [4.78, 5) is 25.4. The van der Waals surface area contributed by atoms with E-state index in [1.54, 1.807) is 71.3 Å². The highest BCUT2D eigenvalue weighted by molar-refractivity contribution is 7.92. The highest BCUT2D eigenvalue weighted by atomic mass is 32.2. The van der Waals surface area contributed by atoms with E-state index in [0.717, 1.165) is 27.1 Å². The minimum absolute atomic E-state index is 0.0600. The van der Waals surface area contributed by atoms with Gasteiger partial charge in [0.1, 0.15) is 5.75 Å². The number of sulfonamides is 1. The molecule has 0 spiro atoms. The topological polar surface area (TPSA) is 97.7 Å². The number of para-hydroxylation sites is 2. The van der Waals surface area contributed by atoms with Crippen molar-refractivity contribution < 1.29 is 17.9 Å². The first-order valence-corrected chi connectivity index (χ1v) is 13.3. The summed E-state index contributed by atoms with van der Waals surface area (Å²) < 4.78 is 36.6. The number of aromatic nitrogens is 1. The second kappa shape index (κ2) is 8.86. The van der Waals surface area contributed by atoms with Crippen LogP contribution in [0.4, 0.5) is 11.4 Å². The fourth-order valence-electron chi connectivity index (χ4n) is 4.07. The second-order valence-electron chi connectivity index (χ2n) is 8.21. The number of carbonyl (C=O) groups excluding carboxylic acids is 1. The van der Waals surface area contributed by atoms with Crippen LogP contribution in [0.25, 0.3) is 10.2 Å². The van der Waals surface area contributed by atoms with Crippen LogP contribution in [0.5, 0.6) is 5.75 Å². The van der Waals surface area contributed by atoms with Crippen molar-refractivity contribution in [2.24, 2.45) is 0 Å². The van der Waals surface area contributed by atoms with Gasteiger partial charge >= 0.3 is 4.87 Å². The summed E-state index contributed by atoms with van der Waals surface area (Å²) in [7, 11) is -3.93. The molecule has 180 valence electrons. The number of rotatable bonds is 5. The maximum atomic E-state index is 13.5. The summed E-state index contributed by atoms with van der Waals surface area (Å²) in [6.07, 6.45) is -1.07. The van der Waals surface area contributed by atoms with Crippen molar-refractivity contribution >= 4 is 48.9 Å². The fourth-order valence-corrected chi connectivity index (χ4v) is 6.54. The Morgan fingerprint density at radius 2 is 1.86 bits per heavy atom. The monoisotopic (exact) mass is 509 g/mol. The van der Waals surface area contributed by atoms with E-state index in [-0.39, 0.29) is 16.3 Å². The van der Waals surface area contributed by atoms with Crippen LogP contribution in [0.3, 0.4) is 0 Å². The molecule has 35 heavy (non-hydrogen) atoms. The highest BCUT2D eigenvalue weighted by Crippen LogP contribution is 2.37. The standard InChI is InChI=1S/C25H23N3O5S2/c1-3-27-20-13-10-17(14-23(20)34-25(27)30)26-24(29)22-15-28(19-6-4-5-7-21(19)33-22)35(31,32)18-11-8-16(2)9-12-18/h4-14,22H,3,15H2,1-2H3,(H,26,29)/t22-/m1/s1. The van der Waals surface area contributed by atoms with E-state index in [2.05, 4.69) is 5.32 Å². The minimum Gasteiger partial charge on any atom is -0.476 e. The van der Waals surface area contributed by atoms with Crippen molar-refractivity contribution in [3.63, 3.8) is 0 Å². The molecule has 0 unspecified atom stereocenters. The molecule has 0 aliphatic carbocycles. The predicted molar refractivity (Wildman–Crippen MR) is 137 cm³/mol. The van der Waals surface area contributed by atoms with Crippen LogP contribution in [0, 0.1) is 6.92 Å². The van der Waals surface area contributed by atoms with Crippen LogP contribution in [-0.2, 0) is 21.4 Å². The SMILES string of the molecule is CCn1c(=O)sc2cc(NC(=O)[C@H]3CN(S(=O)(=O)c4ccc(C)cc4)c4ccccc4O3)ccc21. The maximum absolute atomic E-state index is 13.5. The molecule has 0 saturated carbocycles. The van der Waals surface area contributed by atoms with Crippen LogP contribution < -0.4 is 19.2 Å². The number of aryl methyl sites for hydroxylation is 2. The van der Waals surface area contributed by atoms with E-state index in [9.17, 15) is 18.0 Å². The van der Waals surface area contributed by atoms with E-state index >= 15 is 0 Å². The Morgan fingerprint density at radius 1 is 1.11 bits per heavy atom. The van der Waals surface area contributed by atoms with Crippen molar-refractivity contribution in [1.29, 1.82) is 0 Å². The van der Waals surface area contributed by atoms with Crippen LogP contribution >= 0.6 is 11.3 Å². The molecule has 1 aliphatic rings. The number of hydrogen-bond donors (Lipinski definition) is 1. The normalized spacial score (nSPS) is 15.5. The van der Waals surface area contributed by atoms with Gasteiger partial charge in [-0.15, -0.1) is 0 Å². The number of benzene rings is 3. The number of amides is 1. The Balaban J connectivity index is 1.45. The van der Waals surface area contributed by atoms with Gasteiger partial charge in [-0.25, -0.2) is 8.42 Å². The van der Waals surface area contributed by atoms with E-state index < -0.39 is 22.0 Å². The number of thiazole rings is 1. The average Bonchev–Trinajstić information content (AvgIpc) is 3.17. The number of fused-ring (bicyclic) bond motifs is 2. The largest absolute Gasteiger partial charge is 0.476 e. The molecule has 1 atom stereocenters. The molecule has 1 aromatic heterocycles. The van der Waals surface area contributed by atoms with Crippen LogP contribution in [0.1, 0.15) is 12.5 Å². The van der Waals surface area contributed by atoms with Gasteiger partial charge in [0.2, 0.25) is 0 Å². The van der Waals surface area contributed by atoms with Gasteiger partial charge in [0.15, 0.2) is 6.10 Å². The number of hydrogen-bond acceptors (Lipinski definition) is 6. The Morgan fingerprint density at radius 3 is 2.60 bits per heavy atom. The fraction of sp³-hybridized carbons (Fsp3) is 0.200. The summed E-state index contributed by atoms with van der Waals surface area (Å²) in [5.74, 6) is -0.173. The minimum atomic E-state index is -3.93. The lowest BCUT2D eigenvalue weighted by molar-refractivity contribution is -0.122. The van der Waals surface area contributed by atoms with Gasteiger partial charge in [0.25, 0.3) is 15.9 Å². The van der Waals surface area contributed by atoms with Crippen molar-refractivity contribution in [2.75, 3.05) is 16.2 Å². The molecule has 0 fully saturated rings. The van der Waals surface area contributed by atoms with Crippen molar-refractivity contribution in [1.82, 2.24) is 4.57 Å². The van der Waals surface area contributed by atoms with Gasteiger partial charge < -0.3 is 10.1 Å². The summed E-state index contributed by atoms with van der Waals surface area (Å²) in [6, 6.07) is 18.6. The molecule has 5 rings (SSSR count). The Bertz CT molecular complexity index is 1590.